The standard InChI is InChI=1S/C16H30N2S/c1-3-4-5-6-7-8-9-10-12-17-13-11-16-15(2)18-14-19-16/h14,17H,3-13H2,1-2H3. The van der Waals surface area contributed by atoms with Crippen molar-refractivity contribution in [1.82, 2.24) is 10.3 Å². The molecular formula is C16H30N2S. The summed E-state index contributed by atoms with van der Waals surface area (Å²) < 4.78 is 0. The van der Waals surface area contributed by atoms with Crippen LogP contribution in [0.5, 0.6) is 0 Å². The molecule has 1 heterocycles. The predicted molar refractivity (Wildman–Crippen MR) is 86.0 cm³/mol. The number of aromatic nitrogens is 1. The van der Waals surface area contributed by atoms with E-state index in [1.54, 1.807) is 11.3 Å². The summed E-state index contributed by atoms with van der Waals surface area (Å²) in [7, 11) is 0. The van der Waals surface area contributed by atoms with E-state index in [0.29, 0.717) is 0 Å². The van der Waals surface area contributed by atoms with Gasteiger partial charge in [0.05, 0.1) is 11.2 Å². The van der Waals surface area contributed by atoms with Crippen LogP contribution < -0.4 is 5.32 Å². The van der Waals surface area contributed by atoms with Crippen LogP contribution in [0.15, 0.2) is 5.51 Å². The molecule has 0 saturated carbocycles. The summed E-state index contributed by atoms with van der Waals surface area (Å²) in [5.41, 5.74) is 3.15. The van der Waals surface area contributed by atoms with E-state index in [9.17, 15) is 0 Å². The molecule has 0 amide bonds. The molecule has 0 radical (unpaired) electrons. The molecule has 0 bridgehead atoms. The average molecular weight is 282 g/mol. The van der Waals surface area contributed by atoms with Crippen LogP contribution in [0.25, 0.3) is 0 Å². The van der Waals surface area contributed by atoms with Crippen LogP contribution in [0.4, 0.5) is 0 Å². The van der Waals surface area contributed by atoms with Crippen molar-refractivity contribution in [3.8, 4) is 0 Å². The lowest BCUT2D eigenvalue weighted by Crippen LogP contribution is -2.18. The Balaban J connectivity index is 1.80. The number of thiazole rings is 1. The monoisotopic (exact) mass is 282 g/mol. The lowest BCUT2D eigenvalue weighted by molar-refractivity contribution is 0.556. The van der Waals surface area contributed by atoms with Crippen molar-refractivity contribution in [2.24, 2.45) is 0 Å². The van der Waals surface area contributed by atoms with Gasteiger partial charge in [-0.25, -0.2) is 4.98 Å². The van der Waals surface area contributed by atoms with Gasteiger partial charge in [0.25, 0.3) is 0 Å². The van der Waals surface area contributed by atoms with Gasteiger partial charge < -0.3 is 5.32 Å². The third-order valence-corrected chi connectivity index (χ3v) is 4.58. The maximum atomic E-state index is 4.28. The Labute approximate surface area is 123 Å². The van der Waals surface area contributed by atoms with Crippen molar-refractivity contribution < 1.29 is 0 Å². The molecule has 0 aliphatic carbocycles. The van der Waals surface area contributed by atoms with E-state index in [-0.39, 0.29) is 0 Å². The minimum atomic E-state index is 1.10. The van der Waals surface area contributed by atoms with Crippen LogP contribution >= 0.6 is 11.3 Å². The minimum Gasteiger partial charge on any atom is -0.316 e. The lowest BCUT2D eigenvalue weighted by Gasteiger charge is -2.04. The van der Waals surface area contributed by atoms with Crippen molar-refractivity contribution >= 4 is 11.3 Å². The second-order valence-corrected chi connectivity index (χ2v) is 6.28. The van der Waals surface area contributed by atoms with Gasteiger partial charge >= 0.3 is 0 Å². The van der Waals surface area contributed by atoms with Crippen LogP contribution in [0.3, 0.4) is 0 Å². The molecule has 0 unspecified atom stereocenters. The molecule has 0 saturated heterocycles. The summed E-state index contributed by atoms with van der Waals surface area (Å²) in [5.74, 6) is 0. The van der Waals surface area contributed by atoms with E-state index < -0.39 is 0 Å². The van der Waals surface area contributed by atoms with Gasteiger partial charge in [-0.05, 0) is 26.3 Å². The summed E-state index contributed by atoms with van der Waals surface area (Å²) in [4.78, 5) is 5.71. The van der Waals surface area contributed by atoms with Crippen molar-refractivity contribution in [3.05, 3.63) is 16.1 Å². The number of hydrogen-bond acceptors (Lipinski definition) is 3. The van der Waals surface area contributed by atoms with E-state index in [1.165, 1.54) is 68.5 Å². The topological polar surface area (TPSA) is 24.9 Å². The summed E-state index contributed by atoms with van der Waals surface area (Å²) in [6, 6.07) is 0. The molecule has 1 aromatic rings. The van der Waals surface area contributed by atoms with Crippen LogP contribution in [0.2, 0.25) is 0 Å². The third-order valence-electron chi connectivity index (χ3n) is 3.58. The summed E-state index contributed by atoms with van der Waals surface area (Å²) >= 11 is 1.78. The maximum absolute atomic E-state index is 4.28. The maximum Gasteiger partial charge on any atom is 0.0797 e. The number of nitrogens with one attached hydrogen (secondary N) is 1. The fourth-order valence-electron chi connectivity index (χ4n) is 2.28. The second kappa shape index (κ2) is 11.4. The van der Waals surface area contributed by atoms with Crippen LogP contribution in [-0.4, -0.2) is 18.1 Å². The van der Waals surface area contributed by atoms with E-state index in [2.05, 4.69) is 24.1 Å². The van der Waals surface area contributed by atoms with E-state index in [4.69, 9.17) is 0 Å². The van der Waals surface area contributed by atoms with Gasteiger partial charge in [0.15, 0.2) is 0 Å². The van der Waals surface area contributed by atoms with Gasteiger partial charge in [-0.2, -0.15) is 0 Å². The molecule has 0 fully saturated rings. The zero-order chi connectivity index (χ0) is 13.8. The largest absolute Gasteiger partial charge is 0.316 e. The number of nitrogens with zero attached hydrogens (tertiary/aromatic N) is 1. The highest BCUT2D eigenvalue weighted by Crippen LogP contribution is 2.12. The number of hydrogen-bond donors (Lipinski definition) is 1. The highest BCUT2D eigenvalue weighted by Gasteiger charge is 1.99. The Bertz CT molecular complexity index is 309. The molecule has 2 nitrogen and oxygen atoms in total. The molecule has 0 spiro atoms. The number of rotatable bonds is 12. The fourth-order valence-corrected chi connectivity index (χ4v) is 3.06. The molecule has 0 aliphatic heterocycles. The average Bonchev–Trinajstić information content (AvgIpc) is 2.82. The van der Waals surface area contributed by atoms with E-state index >= 15 is 0 Å². The zero-order valence-corrected chi connectivity index (χ0v) is 13.5. The first-order valence-electron chi connectivity index (χ1n) is 7.94. The Morgan fingerprint density at radius 2 is 1.68 bits per heavy atom. The van der Waals surface area contributed by atoms with Gasteiger partial charge in [0.1, 0.15) is 0 Å². The smallest absolute Gasteiger partial charge is 0.0797 e. The van der Waals surface area contributed by atoms with Crippen LogP contribution in [0, 0.1) is 6.92 Å². The van der Waals surface area contributed by atoms with Gasteiger partial charge in [0, 0.05) is 11.4 Å². The molecule has 110 valence electrons. The summed E-state index contributed by atoms with van der Waals surface area (Å²) in [6.45, 7) is 6.65. The van der Waals surface area contributed by atoms with Crippen molar-refractivity contribution in [2.75, 3.05) is 13.1 Å². The molecule has 3 heteroatoms. The highest BCUT2D eigenvalue weighted by molar-refractivity contribution is 7.09. The molecule has 0 atom stereocenters. The van der Waals surface area contributed by atoms with Crippen LogP contribution in [0.1, 0.15) is 68.9 Å². The summed E-state index contributed by atoms with van der Waals surface area (Å²) in [5, 5.41) is 3.54. The molecule has 19 heavy (non-hydrogen) atoms. The van der Waals surface area contributed by atoms with Crippen molar-refractivity contribution in [3.63, 3.8) is 0 Å². The van der Waals surface area contributed by atoms with Gasteiger partial charge in [-0.3, -0.25) is 0 Å². The molecule has 1 N–H and O–H groups in total. The second-order valence-electron chi connectivity index (χ2n) is 5.34. The van der Waals surface area contributed by atoms with E-state index in [0.717, 1.165) is 13.0 Å². The number of unbranched alkanes of at least 4 members (excludes halogenated alkanes) is 7. The highest BCUT2D eigenvalue weighted by atomic mass is 32.1. The Kier molecular flexibility index (Phi) is 10.0. The first kappa shape index (κ1) is 16.6. The van der Waals surface area contributed by atoms with Gasteiger partial charge in [0.2, 0.25) is 0 Å². The van der Waals surface area contributed by atoms with Gasteiger partial charge in [-0.1, -0.05) is 51.9 Å². The van der Waals surface area contributed by atoms with Crippen molar-refractivity contribution in [2.45, 2.75) is 71.6 Å². The quantitative estimate of drug-likeness (QED) is 0.561. The molecule has 0 aliphatic rings. The fraction of sp³-hybridized carbons (Fsp3) is 0.812. The molecule has 1 aromatic heterocycles. The SMILES string of the molecule is CCCCCCCCCCNCCc1scnc1C. The Hall–Kier alpha value is -0.410. The Morgan fingerprint density at radius 3 is 2.32 bits per heavy atom. The van der Waals surface area contributed by atoms with Crippen LogP contribution in [-0.2, 0) is 6.42 Å². The number of aryl methyl sites for hydroxylation is 1. The van der Waals surface area contributed by atoms with Crippen molar-refractivity contribution in [1.29, 1.82) is 0 Å². The third kappa shape index (κ3) is 8.38. The Morgan fingerprint density at radius 1 is 1.00 bits per heavy atom. The molecule has 1 rings (SSSR count). The molecule has 0 aromatic carbocycles. The molecular weight excluding hydrogens is 252 g/mol. The lowest BCUT2D eigenvalue weighted by atomic mass is 10.1. The predicted octanol–water partition coefficient (Wildman–Crippen LogP) is 4.72. The summed E-state index contributed by atoms with van der Waals surface area (Å²) in [6.07, 6.45) is 12.3. The van der Waals surface area contributed by atoms with Gasteiger partial charge in [-0.15, -0.1) is 11.3 Å². The first-order valence-corrected chi connectivity index (χ1v) is 8.82. The minimum absolute atomic E-state index is 1.10. The zero-order valence-electron chi connectivity index (χ0n) is 12.7. The van der Waals surface area contributed by atoms with E-state index in [1.807, 2.05) is 5.51 Å². The first-order chi connectivity index (χ1) is 9.34. The normalized spacial score (nSPS) is 11.1.